The molecule has 0 bridgehead atoms. The fourth-order valence-electron chi connectivity index (χ4n) is 1.52. The van der Waals surface area contributed by atoms with Crippen molar-refractivity contribution in [1.82, 2.24) is 9.97 Å². The highest BCUT2D eigenvalue weighted by atomic mass is 16.1. The minimum Gasteiger partial charge on any atom is -0.368 e. The molecule has 0 aliphatic rings. The van der Waals surface area contributed by atoms with Gasteiger partial charge in [0.05, 0.1) is 17.4 Å². The predicted octanol–water partition coefficient (Wildman–Crippen LogP) is 2.48. The molecule has 0 fully saturated rings. The Labute approximate surface area is 106 Å². The Kier molecular flexibility index (Phi) is 3.62. The zero-order valence-corrected chi connectivity index (χ0v) is 10.4. The second kappa shape index (κ2) is 5.35. The van der Waals surface area contributed by atoms with Crippen LogP contribution in [-0.2, 0) is 0 Å². The topological polar surface area (TPSA) is 69.8 Å². The number of H-pyrrole nitrogens is 1. The van der Waals surface area contributed by atoms with Gasteiger partial charge < -0.3 is 15.6 Å². The number of aromatic amines is 1. The maximum atomic E-state index is 11.8. The van der Waals surface area contributed by atoms with E-state index < -0.39 is 0 Å². The third kappa shape index (κ3) is 3.10. The summed E-state index contributed by atoms with van der Waals surface area (Å²) in [5.41, 5.74) is 1.27. The largest absolute Gasteiger partial charge is 0.368 e. The molecule has 0 saturated carbocycles. The number of amides is 1. The zero-order chi connectivity index (χ0) is 13.0. The van der Waals surface area contributed by atoms with Gasteiger partial charge in [0.2, 0.25) is 0 Å². The molecule has 0 saturated heterocycles. The molecule has 2 heterocycles. The number of hydrogen-bond donors (Lipinski definition) is 3. The summed E-state index contributed by atoms with van der Waals surface area (Å²) in [6, 6.07) is 5.71. The lowest BCUT2D eigenvalue weighted by atomic mass is 10.3. The fourth-order valence-corrected chi connectivity index (χ4v) is 1.52. The molecule has 18 heavy (non-hydrogen) atoms. The summed E-state index contributed by atoms with van der Waals surface area (Å²) in [5.74, 6) is 0.646. The quantitative estimate of drug-likeness (QED) is 0.773. The summed E-state index contributed by atoms with van der Waals surface area (Å²) in [6.07, 6.45) is 5.00. The summed E-state index contributed by atoms with van der Waals surface area (Å²) in [7, 11) is 0. The van der Waals surface area contributed by atoms with E-state index in [1.54, 1.807) is 24.7 Å². The number of hydrogen-bond acceptors (Lipinski definition) is 3. The maximum absolute atomic E-state index is 11.8. The smallest absolute Gasteiger partial charge is 0.257 e. The molecule has 0 atom stereocenters. The molecule has 5 nitrogen and oxygen atoms in total. The molecule has 0 aliphatic carbocycles. The molecule has 94 valence electrons. The Morgan fingerprint density at radius 3 is 2.72 bits per heavy atom. The van der Waals surface area contributed by atoms with Crippen molar-refractivity contribution in [2.75, 3.05) is 10.6 Å². The highest BCUT2D eigenvalue weighted by Crippen LogP contribution is 2.11. The van der Waals surface area contributed by atoms with Gasteiger partial charge in [-0.05, 0) is 32.0 Å². The summed E-state index contributed by atoms with van der Waals surface area (Å²) in [5, 5.41) is 5.96. The Hall–Kier alpha value is -2.30. The second-order valence-electron chi connectivity index (χ2n) is 4.28. The van der Waals surface area contributed by atoms with E-state index >= 15 is 0 Å². The number of aromatic nitrogens is 2. The van der Waals surface area contributed by atoms with Crippen molar-refractivity contribution in [3.8, 4) is 0 Å². The molecule has 0 aliphatic heterocycles. The molecule has 0 unspecified atom stereocenters. The zero-order valence-electron chi connectivity index (χ0n) is 10.4. The fraction of sp³-hybridized carbons (Fsp3) is 0.231. The van der Waals surface area contributed by atoms with Crippen LogP contribution in [0.3, 0.4) is 0 Å². The minimum atomic E-state index is -0.150. The van der Waals surface area contributed by atoms with Crippen LogP contribution in [0.5, 0.6) is 0 Å². The van der Waals surface area contributed by atoms with Crippen molar-refractivity contribution in [3.63, 3.8) is 0 Å². The van der Waals surface area contributed by atoms with E-state index in [0.717, 1.165) is 5.82 Å². The molecule has 5 heteroatoms. The molecular weight excluding hydrogens is 228 g/mol. The van der Waals surface area contributed by atoms with E-state index in [2.05, 4.69) is 20.6 Å². The van der Waals surface area contributed by atoms with Gasteiger partial charge in [0, 0.05) is 18.4 Å². The Balaban J connectivity index is 2.00. The Morgan fingerprint density at radius 2 is 2.17 bits per heavy atom. The van der Waals surface area contributed by atoms with E-state index in [4.69, 9.17) is 0 Å². The van der Waals surface area contributed by atoms with Gasteiger partial charge in [0.15, 0.2) is 0 Å². The third-order valence-electron chi connectivity index (χ3n) is 2.32. The van der Waals surface area contributed by atoms with Gasteiger partial charge in [-0.3, -0.25) is 4.79 Å². The molecule has 2 aromatic rings. The first-order chi connectivity index (χ1) is 8.65. The van der Waals surface area contributed by atoms with Crippen molar-refractivity contribution in [3.05, 3.63) is 42.4 Å². The maximum Gasteiger partial charge on any atom is 0.257 e. The van der Waals surface area contributed by atoms with Crippen LogP contribution >= 0.6 is 0 Å². The number of carbonyl (C=O) groups is 1. The number of anilines is 2. The minimum absolute atomic E-state index is 0.150. The van der Waals surface area contributed by atoms with E-state index in [1.807, 2.05) is 26.0 Å². The monoisotopic (exact) mass is 244 g/mol. The summed E-state index contributed by atoms with van der Waals surface area (Å²) in [6.45, 7) is 4.09. The van der Waals surface area contributed by atoms with Gasteiger partial charge in [0.25, 0.3) is 5.91 Å². The first-order valence-electron chi connectivity index (χ1n) is 5.82. The molecule has 0 spiro atoms. The molecule has 2 aromatic heterocycles. The first kappa shape index (κ1) is 12.2. The molecule has 3 N–H and O–H groups in total. The standard InChI is InChI=1S/C13H16N4O/c1-9(2)16-12-4-3-11(8-15-12)17-13(18)10-5-6-14-7-10/h3-9,14H,1-2H3,(H,15,16)(H,17,18). The normalized spacial score (nSPS) is 10.4. The average Bonchev–Trinajstić information content (AvgIpc) is 2.84. The van der Waals surface area contributed by atoms with Gasteiger partial charge >= 0.3 is 0 Å². The van der Waals surface area contributed by atoms with Gasteiger partial charge in [-0.25, -0.2) is 4.98 Å². The van der Waals surface area contributed by atoms with Crippen LogP contribution in [0.25, 0.3) is 0 Å². The number of nitrogens with zero attached hydrogens (tertiary/aromatic N) is 1. The Morgan fingerprint density at radius 1 is 1.33 bits per heavy atom. The lowest BCUT2D eigenvalue weighted by molar-refractivity contribution is 0.102. The van der Waals surface area contributed by atoms with E-state index in [-0.39, 0.29) is 5.91 Å². The molecule has 1 amide bonds. The SMILES string of the molecule is CC(C)Nc1ccc(NC(=O)c2cc[nH]c2)cn1. The van der Waals surface area contributed by atoms with Gasteiger partial charge in [-0.15, -0.1) is 0 Å². The lowest BCUT2D eigenvalue weighted by Gasteiger charge is -2.09. The van der Waals surface area contributed by atoms with Crippen LogP contribution in [0, 0.1) is 0 Å². The average molecular weight is 244 g/mol. The highest BCUT2D eigenvalue weighted by Gasteiger charge is 2.06. The summed E-state index contributed by atoms with van der Waals surface area (Å²) < 4.78 is 0. The van der Waals surface area contributed by atoms with E-state index in [1.165, 1.54) is 0 Å². The predicted molar refractivity (Wildman–Crippen MR) is 71.7 cm³/mol. The van der Waals surface area contributed by atoms with Crippen molar-refractivity contribution >= 4 is 17.4 Å². The van der Waals surface area contributed by atoms with Gasteiger partial charge in [-0.2, -0.15) is 0 Å². The van der Waals surface area contributed by atoms with Crippen LogP contribution in [0.15, 0.2) is 36.8 Å². The number of nitrogens with one attached hydrogen (secondary N) is 3. The molecule has 0 aromatic carbocycles. The molecule has 2 rings (SSSR count). The molecule has 0 radical (unpaired) electrons. The van der Waals surface area contributed by atoms with E-state index in [0.29, 0.717) is 17.3 Å². The van der Waals surface area contributed by atoms with Crippen molar-refractivity contribution < 1.29 is 4.79 Å². The summed E-state index contributed by atoms with van der Waals surface area (Å²) in [4.78, 5) is 18.8. The third-order valence-corrected chi connectivity index (χ3v) is 2.32. The van der Waals surface area contributed by atoms with Crippen LogP contribution in [0.1, 0.15) is 24.2 Å². The first-order valence-corrected chi connectivity index (χ1v) is 5.82. The van der Waals surface area contributed by atoms with Gasteiger partial charge in [0.1, 0.15) is 5.82 Å². The van der Waals surface area contributed by atoms with E-state index in [9.17, 15) is 4.79 Å². The number of pyridine rings is 1. The lowest BCUT2D eigenvalue weighted by Crippen LogP contribution is -2.13. The van der Waals surface area contributed by atoms with Crippen molar-refractivity contribution in [2.45, 2.75) is 19.9 Å². The van der Waals surface area contributed by atoms with Crippen LogP contribution in [0.2, 0.25) is 0 Å². The van der Waals surface area contributed by atoms with Gasteiger partial charge in [-0.1, -0.05) is 0 Å². The van der Waals surface area contributed by atoms with Crippen molar-refractivity contribution in [2.24, 2.45) is 0 Å². The second-order valence-corrected chi connectivity index (χ2v) is 4.28. The number of rotatable bonds is 4. The number of carbonyl (C=O) groups excluding carboxylic acids is 1. The van der Waals surface area contributed by atoms with Crippen LogP contribution in [0.4, 0.5) is 11.5 Å². The van der Waals surface area contributed by atoms with Crippen molar-refractivity contribution in [1.29, 1.82) is 0 Å². The molecular formula is C13H16N4O. The highest BCUT2D eigenvalue weighted by molar-refractivity contribution is 6.04. The Bertz CT molecular complexity index is 502. The van der Waals surface area contributed by atoms with Crippen LogP contribution < -0.4 is 10.6 Å². The summed E-state index contributed by atoms with van der Waals surface area (Å²) >= 11 is 0. The van der Waals surface area contributed by atoms with Crippen LogP contribution in [-0.4, -0.2) is 21.9 Å².